The van der Waals surface area contributed by atoms with E-state index in [1.54, 1.807) is 24.3 Å². The summed E-state index contributed by atoms with van der Waals surface area (Å²) >= 11 is 0. The van der Waals surface area contributed by atoms with E-state index in [1.807, 2.05) is 24.3 Å². The minimum Gasteiger partial charge on any atom is -0.619 e. The van der Waals surface area contributed by atoms with Crippen molar-refractivity contribution in [3.8, 4) is 22.4 Å². The summed E-state index contributed by atoms with van der Waals surface area (Å²) in [5, 5.41) is 12.0. The number of carbonyl (C=O) groups excluding carboxylic acids is 1. The van der Waals surface area contributed by atoms with E-state index in [9.17, 15) is 14.4 Å². The number of halogens is 1. The first-order valence-corrected chi connectivity index (χ1v) is 8.46. The van der Waals surface area contributed by atoms with Crippen molar-refractivity contribution in [2.75, 3.05) is 0 Å². The average Bonchev–Trinajstić information content (AvgIpc) is 2.73. The van der Waals surface area contributed by atoms with Crippen LogP contribution in [0.15, 0.2) is 73.1 Å². The van der Waals surface area contributed by atoms with Crippen molar-refractivity contribution in [2.24, 2.45) is 5.84 Å². The number of hydrazine groups is 1. The Kier molecular flexibility index (Phi) is 4.42. The molecule has 0 saturated carbocycles. The lowest BCUT2D eigenvalue weighted by Gasteiger charge is -2.09. The number of benzene rings is 2. The largest absolute Gasteiger partial charge is 0.619 e. The molecule has 2 aromatic heterocycles. The average molecular weight is 374 g/mol. The number of pyridine rings is 2. The molecule has 0 atom stereocenters. The summed E-state index contributed by atoms with van der Waals surface area (Å²) in [6, 6.07) is 16.9. The molecule has 138 valence electrons. The van der Waals surface area contributed by atoms with Crippen molar-refractivity contribution in [3.05, 3.63) is 89.6 Å². The summed E-state index contributed by atoms with van der Waals surface area (Å²) in [4.78, 5) is 16.7. The smallest absolute Gasteiger partial charge is 0.266 e. The van der Waals surface area contributed by atoms with Gasteiger partial charge in [0.15, 0.2) is 12.4 Å². The summed E-state index contributed by atoms with van der Waals surface area (Å²) in [5.74, 6) is 4.49. The van der Waals surface area contributed by atoms with E-state index in [0.29, 0.717) is 21.3 Å². The van der Waals surface area contributed by atoms with Crippen LogP contribution in [0.2, 0.25) is 0 Å². The Balaban J connectivity index is 1.79. The Bertz CT molecular complexity index is 1180. The maximum absolute atomic E-state index is 13.1. The van der Waals surface area contributed by atoms with Gasteiger partial charge in [-0.1, -0.05) is 36.4 Å². The molecule has 28 heavy (non-hydrogen) atoms. The number of nitrogens with zero attached hydrogens (tertiary/aromatic N) is 2. The van der Waals surface area contributed by atoms with Crippen LogP contribution in [-0.4, -0.2) is 10.9 Å². The van der Waals surface area contributed by atoms with Crippen LogP contribution in [0.4, 0.5) is 4.39 Å². The van der Waals surface area contributed by atoms with E-state index in [-0.39, 0.29) is 11.4 Å². The molecule has 0 bridgehead atoms. The number of nitrogens with two attached hydrogens (primary N) is 1. The Morgan fingerprint density at radius 1 is 1.00 bits per heavy atom. The minimum atomic E-state index is -0.511. The van der Waals surface area contributed by atoms with E-state index < -0.39 is 5.91 Å². The van der Waals surface area contributed by atoms with Gasteiger partial charge in [0.2, 0.25) is 0 Å². The maximum Gasteiger partial charge on any atom is 0.266 e. The van der Waals surface area contributed by atoms with Gasteiger partial charge in [0.1, 0.15) is 5.82 Å². The highest BCUT2D eigenvalue weighted by atomic mass is 19.1. The van der Waals surface area contributed by atoms with Gasteiger partial charge < -0.3 is 5.21 Å². The van der Waals surface area contributed by atoms with Gasteiger partial charge in [-0.2, -0.15) is 4.73 Å². The first kappa shape index (κ1) is 17.6. The summed E-state index contributed by atoms with van der Waals surface area (Å²) in [6.45, 7) is 0. The van der Waals surface area contributed by atoms with Crippen LogP contribution in [0.3, 0.4) is 0 Å². The molecule has 0 radical (unpaired) electrons. The monoisotopic (exact) mass is 374 g/mol. The van der Waals surface area contributed by atoms with Gasteiger partial charge in [-0.3, -0.25) is 10.2 Å². The molecule has 0 aliphatic heterocycles. The van der Waals surface area contributed by atoms with Crippen molar-refractivity contribution in [1.29, 1.82) is 0 Å². The zero-order valence-electron chi connectivity index (χ0n) is 14.6. The highest BCUT2D eigenvalue weighted by Gasteiger charge is 2.15. The van der Waals surface area contributed by atoms with Crippen LogP contribution in [0.25, 0.3) is 33.3 Å². The Hall–Kier alpha value is -3.84. The van der Waals surface area contributed by atoms with E-state index in [0.717, 1.165) is 16.7 Å². The third-order valence-electron chi connectivity index (χ3n) is 4.46. The number of nitrogens with one attached hydrogen (secondary N) is 1. The molecule has 0 unspecified atom stereocenters. The summed E-state index contributed by atoms with van der Waals surface area (Å²) in [5.41, 5.74) is 6.04. The fraction of sp³-hybridized carbons (Fsp3) is 0. The van der Waals surface area contributed by atoms with Crippen molar-refractivity contribution in [3.63, 3.8) is 0 Å². The quantitative estimate of drug-likeness (QED) is 0.189. The lowest BCUT2D eigenvalue weighted by atomic mass is 10.0. The van der Waals surface area contributed by atoms with Gasteiger partial charge in [-0.05, 0) is 29.3 Å². The second-order valence-electron chi connectivity index (χ2n) is 6.22. The molecule has 7 heteroatoms. The number of aromatic nitrogens is 2. The molecule has 0 aliphatic carbocycles. The van der Waals surface area contributed by atoms with Crippen molar-refractivity contribution < 1.29 is 13.9 Å². The van der Waals surface area contributed by atoms with Gasteiger partial charge in [0.25, 0.3) is 5.91 Å². The lowest BCUT2D eigenvalue weighted by Crippen LogP contribution is -2.31. The molecular weight excluding hydrogens is 359 g/mol. The van der Waals surface area contributed by atoms with E-state index in [1.165, 1.54) is 24.5 Å². The maximum atomic E-state index is 13.1. The summed E-state index contributed by atoms with van der Waals surface area (Å²) < 4.78 is 13.7. The zero-order chi connectivity index (χ0) is 19.7. The van der Waals surface area contributed by atoms with Gasteiger partial charge >= 0.3 is 0 Å². The fourth-order valence-electron chi connectivity index (χ4n) is 3.04. The van der Waals surface area contributed by atoms with Crippen molar-refractivity contribution in [1.82, 2.24) is 10.4 Å². The second-order valence-corrected chi connectivity index (χ2v) is 6.22. The van der Waals surface area contributed by atoms with Crippen LogP contribution in [-0.2, 0) is 0 Å². The molecule has 0 saturated heterocycles. The Morgan fingerprint density at radius 2 is 1.61 bits per heavy atom. The summed E-state index contributed by atoms with van der Waals surface area (Å²) in [7, 11) is 0. The number of hydrogen-bond donors (Lipinski definition) is 2. The van der Waals surface area contributed by atoms with Crippen molar-refractivity contribution >= 4 is 16.8 Å². The Labute approximate surface area is 159 Å². The highest BCUT2D eigenvalue weighted by Crippen LogP contribution is 2.27. The van der Waals surface area contributed by atoms with Gasteiger partial charge in [-0.15, -0.1) is 0 Å². The van der Waals surface area contributed by atoms with E-state index in [2.05, 4.69) is 10.4 Å². The molecular formula is C21H15FN4O2. The standard InChI is InChI=1S/C21H15FN4O2/c22-16-7-5-14(6-8-16)13-1-3-15(4-2-13)20-11-17(21(27)25-23)18-12-26(28)10-9-19(18)24-20/h1-12H,23H2,(H,25,27). The first-order chi connectivity index (χ1) is 13.5. The molecule has 4 rings (SSSR count). The summed E-state index contributed by atoms with van der Waals surface area (Å²) in [6.07, 6.45) is 2.61. The highest BCUT2D eigenvalue weighted by molar-refractivity contribution is 6.06. The van der Waals surface area contributed by atoms with Gasteiger partial charge in [0, 0.05) is 11.6 Å². The topological polar surface area (TPSA) is 94.9 Å². The molecule has 4 aromatic rings. The molecule has 0 fully saturated rings. The third-order valence-corrected chi connectivity index (χ3v) is 4.46. The van der Waals surface area contributed by atoms with Crippen LogP contribution < -0.4 is 16.0 Å². The normalized spacial score (nSPS) is 10.8. The number of fused-ring (bicyclic) bond motifs is 1. The zero-order valence-corrected chi connectivity index (χ0v) is 14.6. The molecule has 3 N–H and O–H groups in total. The third kappa shape index (κ3) is 3.26. The second kappa shape index (κ2) is 7.05. The van der Waals surface area contributed by atoms with Crippen LogP contribution >= 0.6 is 0 Å². The number of amides is 1. The van der Waals surface area contributed by atoms with E-state index >= 15 is 0 Å². The van der Waals surface area contributed by atoms with E-state index in [4.69, 9.17) is 5.84 Å². The number of carbonyl (C=O) groups is 1. The Morgan fingerprint density at radius 3 is 2.25 bits per heavy atom. The lowest BCUT2D eigenvalue weighted by molar-refractivity contribution is -0.603. The predicted molar refractivity (Wildman–Crippen MR) is 103 cm³/mol. The minimum absolute atomic E-state index is 0.260. The number of hydrogen-bond acceptors (Lipinski definition) is 4. The SMILES string of the molecule is NNC(=O)c1cc(-c2ccc(-c3ccc(F)cc3)cc2)nc2cc[n+]([O-])cc12. The van der Waals surface area contributed by atoms with Gasteiger partial charge in [-0.25, -0.2) is 15.2 Å². The molecule has 2 heterocycles. The van der Waals surface area contributed by atoms with Crippen LogP contribution in [0, 0.1) is 11.0 Å². The van der Waals surface area contributed by atoms with Crippen LogP contribution in [0.5, 0.6) is 0 Å². The fourth-order valence-corrected chi connectivity index (χ4v) is 3.04. The molecule has 0 aliphatic rings. The first-order valence-electron chi connectivity index (χ1n) is 8.46. The number of rotatable bonds is 3. The molecule has 2 aromatic carbocycles. The molecule has 0 spiro atoms. The molecule has 1 amide bonds. The van der Waals surface area contributed by atoms with Gasteiger partial charge in [0.05, 0.1) is 22.2 Å². The van der Waals surface area contributed by atoms with Crippen molar-refractivity contribution in [2.45, 2.75) is 0 Å². The molecule has 6 nitrogen and oxygen atoms in total. The number of nitrogen functional groups attached to an aromatic ring is 1. The van der Waals surface area contributed by atoms with Crippen LogP contribution in [0.1, 0.15) is 10.4 Å². The predicted octanol–water partition coefficient (Wildman–Crippen LogP) is 2.94.